The summed E-state index contributed by atoms with van der Waals surface area (Å²) in [6.07, 6.45) is 2.19. The molecule has 0 aliphatic carbocycles. The minimum atomic E-state index is -1.04. The Labute approximate surface area is 111 Å². The molecule has 0 atom stereocenters. The number of amidine groups is 1. The number of hydrogen-bond donors (Lipinski definition) is 3. The Balaban J connectivity index is 0.000000184. The van der Waals surface area contributed by atoms with Crippen LogP contribution in [0.5, 0.6) is 0 Å². The van der Waals surface area contributed by atoms with E-state index in [0.29, 0.717) is 5.69 Å². The largest absolute Gasteiger partial charge is 0.465 e. The second kappa shape index (κ2) is 8.41. The van der Waals surface area contributed by atoms with E-state index >= 15 is 0 Å². The highest BCUT2D eigenvalue weighted by atomic mass is 32.2. The lowest BCUT2D eigenvalue weighted by molar-refractivity contribution is 0.210. The van der Waals surface area contributed by atoms with E-state index in [2.05, 4.69) is 15.6 Å². The fourth-order valence-corrected chi connectivity index (χ4v) is 1.76. The van der Waals surface area contributed by atoms with Crippen LogP contribution in [0.15, 0.2) is 35.3 Å². The predicted octanol–water partition coefficient (Wildman–Crippen LogP) is 2.48. The van der Waals surface area contributed by atoms with Gasteiger partial charge in [-0.15, -0.1) is 0 Å². The second-order valence-electron chi connectivity index (χ2n) is 3.47. The molecule has 0 radical (unpaired) electrons. The molecule has 3 N–H and O–H groups in total. The Kier molecular flexibility index (Phi) is 6.71. The van der Waals surface area contributed by atoms with Gasteiger partial charge in [0.2, 0.25) is 0 Å². The van der Waals surface area contributed by atoms with Crippen molar-refractivity contribution in [1.82, 2.24) is 5.32 Å². The van der Waals surface area contributed by atoms with Crippen LogP contribution in [0.25, 0.3) is 0 Å². The summed E-state index contributed by atoms with van der Waals surface area (Å²) >= 11 is 1.68. The van der Waals surface area contributed by atoms with E-state index in [1.165, 1.54) is 6.42 Å². The molecule has 1 aromatic rings. The van der Waals surface area contributed by atoms with Crippen LogP contribution in [-0.4, -0.2) is 35.7 Å². The number of anilines is 1. The average molecular weight is 267 g/mol. The first-order valence-corrected chi connectivity index (χ1v) is 6.82. The maximum atomic E-state index is 10.1. The first kappa shape index (κ1) is 14.4. The number of nitrogens with zero attached hydrogens (tertiary/aromatic N) is 1. The highest BCUT2D eigenvalue weighted by Crippen LogP contribution is 2.03. The average Bonchev–Trinajstić information content (AvgIpc) is 2.41. The Morgan fingerprint density at radius 3 is 2.61 bits per heavy atom. The van der Waals surface area contributed by atoms with Crippen LogP contribution in [0, 0.1) is 0 Å². The van der Waals surface area contributed by atoms with E-state index in [1.54, 1.807) is 36.0 Å². The molecule has 1 aliphatic heterocycles. The summed E-state index contributed by atoms with van der Waals surface area (Å²) in [7, 11) is 0. The molecule has 0 bridgehead atoms. The standard InChI is InChI=1S/C7H7NO2.C5H10N2S/c9-7(10)8-6-4-2-1-3-5-6;1-8-5-6-3-2-4-7-5/h1-5,8H,(H,9,10);2-4H2,1H3,(H,6,7). The maximum Gasteiger partial charge on any atom is 0.409 e. The fraction of sp³-hybridized carbons (Fsp3) is 0.333. The third-order valence-corrected chi connectivity index (χ3v) is 2.75. The lowest BCUT2D eigenvalue weighted by Crippen LogP contribution is -2.26. The van der Waals surface area contributed by atoms with Gasteiger partial charge in [0.1, 0.15) is 0 Å². The third-order valence-electron chi connectivity index (χ3n) is 2.08. The number of carboxylic acid groups (broad SMARTS) is 1. The summed E-state index contributed by atoms with van der Waals surface area (Å²) in [4.78, 5) is 14.3. The van der Waals surface area contributed by atoms with Crippen LogP contribution >= 0.6 is 11.8 Å². The molecule has 0 unspecified atom stereocenters. The predicted molar refractivity (Wildman–Crippen MR) is 76.5 cm³/mol. The molecule has 18 heavy (non-hydrogen) atoms. The van der Waals surface area contributed by atoms with Gasteiger partial charge in [0.25, 0.3) is 0 Å². The van der Waals surface area contributed by atoms with Crippen molar-refractivity contribution in [2.24, 2.45) is 4.99 Å². The number of nitrogens with one attached hydrogen (secondary N) is 2. The van der Waals surface area contributed by atoms with Crippen molar-refractivity contribution < 1.29 is 9.90 Å². The zero-order chi connectivity index (χ0) is 13.2. The van der Waals surface area contributed by atoms with Gasteiger partial charge in [-0.05, 0) is 24.8 Å². The summed E-state index contributed by atoms with van der Waals surface area (Å²) in [6, 6.07) is 8.74. The van der Waals surface area contributed by atoms with Gasteiger partial charge in [0.05, 0.1) is 0 Å². The number of aliphatic imine (C=N–C) groups is 1. The van der Waals surface area contributed by atoms with E-state index in [-0.39, 0.29) is 0 Å². The number of thioether (sulfide) groups is 1. The van der Waals surface area contributed by atoms with Crippen molar-refractivity contribution in [3.63, 3.8) is 0 Å². The zero-order valence-corrected chi connectivity index (χ0v) is 11.0. The van der Waals surface area contributed by atoms with E-state index in [1.807, 2.05) is 12.3 Å². The van der Waals surface area contributed by atoms with E-state index in [4.69, 9.17) is 5.11 Å². The second-order valence-corrected chi connectivity index (χ2v) is 4.26. The van der Waals surface area contributed by atoms with Crippen molar-refractivity contribution in [2.75, 3.05) is 24.7 Å². The molecule has 1 aliphatic rings. The van der Waals surface area contributed by atoms with Crippen molar-refractivity contribution >= 4 is 28.7 Å². The molecule has 0 spiro atoms. The van der Waals surface area contributed by atoms with Gasteiger partial charge in [-0.3, -0.25) is 10.3 Å². The molecule has 0 saturated heterocycles. The minimum absolute atomic E-state index is 0.593. The normalized spacial score (nSPS) is 13.5. The fourth-order valence-electron chi connectivity index (χ4n) is 1.29. The smallest absolute Gasteiger partial charge is 0.409 e. The molecule has 0 aromatic heterocycles. The summed E-state index contributed by atoms with van der Waals surface area (Å²) in [6.45, 7) is 2.10. The van der Waals surface area contributed by atoms with E-state index < -0.39 is 6.09 Å². The van der Waals surface area contributed by atoms with Gasteiger partial charge in [0.15, 0.2) is 5.17 Å². The maximum absolute atomic E-state index is 10.1. The molecule has 5 nitrogen and oxygen atoms in total. The lowest BCUT2D eigenvalue weighted by atomic mass is 10.3. The summed E-state index contributed by atoms with van der Waals surface area (Å²) < 4.78 is 0. The van der Waals surface area contributed by atoms with Crippen LogP contribution in [0.4, 0.5) is 10.5 Å². The van der Waals surface area contributed by atoms with Crippen LogP contribution in [0.2, 0.25) is 0 Å². The minimum Gasteiger partial charge on any atom is -0.465 e. The van der Waals surface area contributed by atoms with Crippen LogP contribution in [-0.2, 0) is 0 Å². The Hall–Kier alpha value is -1.69. The third kappa shape index (κ3) is 6.15. The monoisotopic (exact) mass is 267 g/mol. The number of hydrogen-bond acceptors (Lipinski definition) is 4. The van der Waals surface area contributed by atoms with Crippen molar-refractivity contribution in [2.45, 2.75) is 6.42 Å². The van der Waals surface area contributed by atoms with Gasteiger partial charge >= 0.3 is 6.09 Å². The molecule has 1 heterocycles. The summed E-state index contributed by atoms with van der Waals surface area (Å²) in [5.74, 6) is 0. The van der Waals surface area contributed by atoms with E-state index in [9.17, 15) is 4.79 Å². The SMILES string of the molecule is CSC1=NCCCN1.O=C(O)Nc1ccccc1. The molecule has 1 amide bonds. The number of carbonyl (C=O) groups is 1. The summed E-state index contributed by atoms with van der Waals surface area (Å²) in [5.41, 5.74) is 0.593. The summed E-state index contributed by atoms with van der Waals surface area (Å²) in [5, 5.41) is 14.8. The van der Waals surface area contributed by atoms with Gasteiger partial charge in [-0.25, -0.2) is 4.79 Å². The number of para-hydroxylation sites is 1. The van der Waals surface area contributed by atoms with Gasteiger partial charge in [-0.2, -0.15) is 0 Å². The Morgan fingerprint density at radius 1 is 1.44 bits per heavy atom. The number of amides is 1. The van der Waals surface area contributed by atoms with Gasteiger partial charge < -0.3 is 10.4 Å². The lowest BCUT2D eigenvalue weighted by Gasteiger charge is -2.10. The van der Waals surface area contributed by atoms with Crippen molar-refractivity contribution in [3.05, 3.63) is 30.3 Å². The van der Waals surface area contributed by atoms with Gasteiger partial charge in [-0.1, -0.05) is 30.0 Å². The van der Waals surface area contributed by atoms with Gasteiger partial charge in [0, 0.05) is 18.8 Å². The molecule has 2 rings (SSSR count). The van der Waals surface area contributed by atoms with Crippen LogP contribution < -0.4 is 10.6 Å². The molecule has 98 valence electrons. The topological polar surface area (TPSA) is 73.7 Å². The molecule has 6 heteroatoms. The number of benzene rings is 1. The molecule has 0 fully saturated rings. The highest BCUT2D eigenvalue weighted by Gasteiger charge is 1.99. The molecular weight excluding hydrogens is 250 g/mol. The molecule has 1 aromatic carbocycles. The first-order chi connectivity index (χ1) is 8.72. The Morgan fingerprint density at radius 2 is 2.17 bits per heavy atom. The number of rotatable bonds is 1. The van der Waals surface area contributed by atoms with Crippen LogP contribution in [0.3, 0.4) is 0 Å². The highest BCUT2D eigenvalue weighted by molar-refractivity contribution is 8.13. The quantitative estimate of drug-likeness (QED) is 0.731. The van der Waals surface area contributed by atoms with Crippen molar-refractivity contribution in [1.29, 1.82) is 0 Å². The first-order valence-electron chi connectivity index (χ1n) is 5.59. The van der Waals surface area contributed by atoms with E-state index in [0.717, 1.165) is 18.3 Å². The molecular formula is C12H17N3O2S. The molecule has 0 saturated carbocycles. The van der Waals surface area contributed by atoms with Crippen molar-refractivity contribution in [3.8, 4) is 0 Å². The zero-order valence-electron chi connectivity index (χ0n) is 10.2. The van der Waals surface area contributed by atoms with Crippen LogP contribution in [0.1, 0.15) is 6.42 Å². The Bertz CT molecular complexity index is 396.